The number of aromatic nitrogens is 1. The van der Waals surface area contributed by atoms with Crippen molar-refractivity contribution < 1.29 is 14.4 Å². The lowest BCUT2D eigenvalue weighted by Crippen LogP contribution is -2.33. The average molecular weight is 338 g/mol. The van der Waals surface area contributed by atoms with Crippen LogP contribution in [0.5, 0.6) is 0 Å². The van der Waals surface area contributed by atoms with Gasteiger partial charge in [0.05, 0.1) is 0 Å². The van der Waals surface area contributed by atoms with Crippen LogP contribution < -0.4 is 10.6 Å². The van der Waals surface area contributed by atoms with Gasteiger partial charge in [-0.05, 0) is 17.7 Å². The SMILES string of the molecule is O=C(CCNC(=O)C1=NO[C@@H](c2ccccc2)C1)Nc1ccccn1. The molecule has 2 N–H and O–H groups in total. The highest BCUT2D eigenvalue weighted by molar-refractivity contribution is 6.39. The van der Waals surface area contributed by atoms with Crippen LogP contribution in [0.25, 0.3) is 0 Å². The molecule has 0 saturated carbocycles. The Morgan fingerprint density at radius 2 is 1.92 bits per heavy atom. The van der Waals surface area contributed by atoms with Crippen LogP contribution in [0.4, 0.5) is 5.82 Å². The number of carbonyl (C=O) groups excluding carboxylic acids is 2. The van der Waals surface area contributed by atoms with E-state index in [1.165, 1.54) is 0 Å². The quantitative estimate of drug-likeness (QED) is 0.843. The predicted molar refractivity (Wildman–Crippen MR) is 92.8 cm³/mol. The molecule has 7 heteroatoms. The minimum atomic E-state index is -0.316. The fourth-order valence-electron chi connectivity index (χ4n) is 2.39. The number of rotatable bonds is 6. The van der Waals surface area contributed by atoms with Gasteiger partial charge in [0.1, 0.15) is 11.5 Å². The number of anilines is 1. The predicted octanol–water partition coefficient (Wildman–Crippen LogP) is 2.04. The second-order valence-electron chi connectivity index (χ2n) is 5.52. The molecule has 0 unspecified atom stereocenters. The van der Waals surface area contributed by atoms with E-state index in [4.69, 9.17) is 4.84 Å². The van der Waals surface area contributed by atoms with Gasteiger partial charge in [0.15, 0.2) is 6.10 Å². The standard InChI is InChI=1S/C18H18N4O3/c23-17(21-16-8-4-5-10-19-16)9-11-20-18(24)14-12-15(25-22-14)13-6-2-1-3-7-13/h1-8,10,15H,9,11-12H2,(H,20,24)(H,19,21,23)/t15-/m1/s1. The second kappa shape index (κ2) is 8.05. The molecule has 25 heavy (non-hydrogen) atoms. The van der Waals surface area contributed by atoms with E-state index in [0.717, 1.165) is 5.56 Å². The van der Waals surface area contributed by atoms with E-state index in [9.17, 15) is 9.59 Å². The maximum atomic E-state index is 12.1. The zero-order valence-electron chi connectivity index (χ0n) is 13.5. The smallest absolute Gasteiger partial charge is 0.269 e. The zero-order valence-corrected chi connectivity index (χ0v) is 13.5. The van der Waals surface area contributed by atoms with E-state index < -0.39 is 0 Å². The molecule has 2 aromatic rings. The molecule has 1 aromatic heterocycles. The van der Waals surface area contributed by atoms with Crippen LogP contribution in [-0.4, -0.2) is 29.1 Å². The van der Waals surface area contributed by atoms with Crippen molar-refractivity contribution in [3.05, 3.63) is 60.3 Å². The normalized spacial score (nSPS) is 15.8. The summed E-state index contributed by atoms with van der Waals surface area (Å²) in [5.41, 5.74) is 1.31. The van der Waals surface area contributed by atoms with Crippen molar-refractivity contribution in [2.75, 3.05) is 11.9 Å². The molecule has 0 fully saturated rings. The van der Waals surface area contributed by atoms with E-state index in [-0.39, 0.29) is 30.9 Å². The highest BCUT2D eigenvalue weighted by Crippen LogP contribution is 2.26. The Hall–Kier alpha value is -3.22. The Kier molecular flexibility index (Phi) is 5.36. The summed E-state index contributed by atoms with van der Waals surface area (Å²) in [5, 5.41) is 9.19. The molecular formula is C18H18N4O3. The van der Waals surface area contributed by atoms with Gasteiger partial charge in [-0.15, -0.1) is 0 Å². The van der Waals surface area contributed by atoms with Crippen molar-refractivity contribution in [2.24, 2.45) is 5.16 Å². The molecule has 2 amide bonds. The largest absolute Gasteiger partial charge is 0.387 e. The summed E-state index contributed by atoms with van der Waals surface area (Å²) >= 11 is 0. The molecule has 3 rings (SSSR count). The first-order valence-electron chi connectivity index (χ1n) is 7.99. The molecule has 0 spiro atoms. The molecule has 1 aliphatic rings. The van der Waals surface area contributed by atoms with Crippen molar-refractivity contribution in [1.82, 2.24) is 10.3 Å². The van der Waals surface area contributed by atoms with Crippen molar-refractivity contribution in [1.29, 1.82) is 0 Å². The van der Waals surface area contributed by atoms with Crippen molar-refractivity contribution >= 4 is 23.3 Å². The molecule has 1 aliphatic heterocycles. The molecule has 128 valence electrons. The Morgan fingerprint density at radius 3 is 2.68 bits per heavy atom. The van der Waals surface area contributed by atoms with Crippen LogP contribution >= 0.6 is 0 Å². The third-order valence-corrected chi connectivity index (χ3v) is 3.67. The monoisotopic (exact) mass is 338 g/mol. The minimum Gasteiger partial charge on any atom is -0.387 e. The van der Waals surface area contributed by atoms with E-state index in [2.05, 4.69) is 20.8 Å². The van der Waals surface area contributed by atoms with Crippen molar-refractivity contribution in [2.45, 2.75) is 18.9 Å². The van der Waals surface area contributed by atoms with Crippen molar-refractivity contribution in [3.63, 3.8) is 0 Å². The number of pyridine rings is 1. The van der Waals surface area contributed by atoms with Gasteiger partial charge < -0.3 is 15.5 Å². The number of hydrogen-bond acceptors (Lipinski definition) is 5. The van der Waals surface area contributed by atoms with Gasteiger partial charge in [-0.3, -0.25) is 9.59 Å². The maximum absolute atomic E-state index is 12.1. The van der Waals surface area contributed by atoms with Gasteiger partial charge in [-0.2, -0.15) is 0 Å². The molecule has 0 aliphatic carbocycles. The summed E-state index contributed by atoms with van der Waals surface area (Å²) in [7, 11) is 0. The molecule has 2 heterocycles. The molecular weight excluding hydrogens is 320 g/mol. The van der Waals surface area contributed by atoms with E-state index >= 15 is 0 Å². The lowest BCUT2D eigenvalue weighted by atomic mass is 10.0. The van der Waals surface area contributed by atoms with Crippen LogP contribution in [0.3, 0.4) is 0 Å². The van der Waals surface area contributed by atoms with E-state index in [0.29, 0.717) is 18.0 Å². The number of nitrogens with one attached hydrogen (secondary N) is 2. The summed E-state index contributed by atoms with van der Waals surface area (Å²) in [4.78, 5) is 33.2. The molecule has 7 nitrogen and oxygen atoms in total. The number of hydrogen-bond donors (Lipinski definition) is 2. The average Bonchev–Trinajstić information content (AvgIpc) is 3.13. The van der Waals surface area contributed by atoms with E-state index in [1.807, 2.05) is 30.3 Å². The summed E-state index contributed by atoms with van der Waals surface area (Å²) in [6.07, 6.45) is 1.92. The Morgan fingerprint density at radius 1 is 1.12 bits per heavy atom. The third kappa shape index (κ3) is 4.63. The van der Waals surface area contributed by atoms with Gasteiger partial charge in [0.25, 0.3) is 5.91 Å². The lowest BCUT2D eigenvalue weighted by Gasteiger charge is -2.07. The Bertz CT molecular complexity index is 762. The van der Waals surface area contributed by atoms with Crippen LogP contribution in [0.2, 0.25) is 0 Å². The molecule has 0 radical (unpaired) electrons. The molecule has 0 saturated heterocycles. The van der Waals surface area contributed by atoms with E-state index in [1.54, 1.807) is 24.4 Å². The fourth-order valence-corrected chi connectivity index (χ4v) is 2.39. The molecule has 0 bridgehead atoms. The summed E-state index contributed by atoms with van der Waals surface area (Å²) < 4.78 is 0. The van der Waals surface area contributed by atoms with Gasteiger partial charge in [-0.25, -0.2) is 4.98 Å². The highest BCUT2D eigenvalue weighted by Gasteiger charge is 2.27. The summed E-state index contributed by atoms with van der Waals surface area (Å²) in [5.74, 6) is -0.0482. The first-order chi connectivity index (χ1) is 12.2. The van der Waals surface area contributed by atoms with Gasteiger partial charge >= 0.3 is 0 Å². The second-order valence-corrected chi connectivity index (χ2v) is 5.52. The number of benzene rings is 1. The number of nitrogens with zero attached hydrogens (tertiary/aromatic N) is 2. The fraction of sp³-hybridized carbons (Fsp3) is 0.222. The first-order valence-corrected chi connectivity index (χ1v) is 7.99. The molecule has 1 atom stereocenters. The summed E-state index contributed by atoms with van der Waals surface area (Å²) in [6.45, 7) is 0.215. The number of carbonyl (C=O) groups is 2. The highest BCUT2D eigenvalue weighted by atomic mass is 16.6. The van der Waals surface area contributed by atoms with Crippen LogP contribution in [0.15, 0.2) is 59.9 Å². The number of oxime groups is 1. The Labute approximate surface area is 145 Å². The van der Waals surface area contributed by atoms with Gasteiger partial charge in [0, 0.05) is 25.6 Å². The van der Waals surface area contributed by atoms with Crippen LogP contribution in [-0.2, 0) is 14.4 Å². The lowest BCUT2D eigenvalue weighted by molar-refractivity contribution is -0.116. The molecule has 1 aromatic carbocycles. The van der Waals surface area contributed by atoms with Crippen LogP contribution in [0.1, 0.15) is 24.5 Å². The van der Waals surface area contributed by atoms with Gasteiger partial charge in [0.2, 0.25) is 5.91 Å². The van der Waals surface area contributed by atoms with Crippen molar-refractivity contribution in [3.8, 4) is 0 Å². The first kappa shape index (κ1) is 16.6. The summed E-state index contributed by atoms with van der Waals surface area (Å²) in [6, 6.07) is 14.9. The van der Waals surface area contributed by atoms with Gasteiger partial charge in [-0.1, -0.05) is 41.6 Å². The van der Waals surface area contributed by atoms with Crippen LogP contribution in [0, 0.1) is 0 Å². The Balaban J connectivity index is 1.40. The number of amides is 2. The topological polar surface area (TPSA) is 92.7 Å². The zero-order chi connectivity index (χ0) is 17.5. The minimum absolute atomic E-state index is 0.151. The third-order valence-electron chi connectivity index (χ3n) is 3.67. The maximum Gasteiger partial charge on any atom is 0.269 e.